The minimum absolute atomic E-state index is 0.0639. The lowest BCUT2D eigenvalue weighted by atomic mass is 10.3. The molecule has 0 aromatic carbocycles. The van der Waals surface area contributed by atoms with Gasteiger partial charge in [0, 0.05) is 12.2 Å². The van der Waals surface area contributed by atoms with Gasteiger partial charge in [0.25, 0.3) is 0 Å². The normalized spacial score (nSPS) is 11.9. The van der Waals surface area contributed by atoms with Crippen LogP contribution in [0.15, 0.2) is 9.21 Å². The van der Waals surface area contributed by atoms with Gasteiger partial charge in [0.1, 0.15) is 0 Å². The first-order valence-corrected chi connectivity index (χ1v) is 7.58. The van der Waals surface area contributed by atoms with Crippen LogP contribution in [0.1, 0.15) is 32.6 Å². The summed E-state index contributed by atoms with van der Waals surface area (Å²) in [5.41, 5.74) is 0. The fourth-order valence-electron chi connectivity index (χ4n) is 1.44. The highest BCUT2D eigenvalue weighted by atomic mass is 32.2. The standard InChI is InChI=1S/C10H18N2O4S/c1-3-5-9-11-12(10(13)16-9)6-8-17(14,15)7-4-2/h3-8H2,1-2H3. The Hall–Kier alpha value is -1.11. The third kappa shape index (κ3) is 4.33. The number of aromatic nitrogens is 2. The summed E-state index contributed by atoms with van der Waals surface area (Å²) >= 11 is 0. The Morgan fingerprint density at radius 2 is 1.94 bits per heavy atom. The average Bonchev–Trinajstić information content (AvgIpc) is 2.57. The van der Waals surface area contributed by atoms with E-state index in [1.54, 1.807) is 6.92 Å². The van der Waals surface area contributed by atoms with Gasteiger partial charge in [-0.1, -0.05) is 13.8 Å². The molecule has 0 saturated heterocycles. The van der Waals surface area contributed by atoms with E-state index in [1.807, 2.05) is 6.92 Å². The number of hydrogen-bond donors (Lipinski definition) is 0. The molecule has 0 radical (unpaired) electrons. The van der Waals surface area contributed by atoms with Crippen molar-refractivity contribution in [1.82, 2.24) is 9.78 Å². The fourth-order valence-corrected chi connectivity index (χ4v) is 2.72. The van der Waals surface area contributed by atoms with Crippen LogP contribution >= 0.6 is 0 Å². The fraction of sp³-hybridized carbons (Fsp3) is 0.800. The Labute approximate surface area is 101 Å². The number of sulfone groups is 1. The van der Waals surface area contributed by atoms with Crippen LogP contribution in [0.4, 0.5) is 0 Å². The lowest BCUT2D eigenvalue weighted by Crippen LogP contribution is -2.22. The maximum absolute atomic E-state index is 11.5. The number of hydrogen-bond acceptors (Lipinski definition) is 5. The Balaban J connectivity index is 2.66. The smallest absolute Gasteiger partial charge is 0.392 e. The summed E-state index contributed by atoms with van der Waals surface area (Å²) in [4.78, 5) is 11.3. The van der Waals surface area contributed by atoms with E-state index >= 15 is 0 Å². The van der Waals surface area contributed by atoms with Crippen LogP contribution < -0.4 is 5.76 Å². The molecule has 0 bridgehead atoms. The van der Waals surface area contributed by atoms with Crippen molar-refractivity contribution < 1.29 is 12.8 Å². The monoisotopic (exact) mass is 262 g/mol. The highest BCUT2D eigenvalue weighted by Gasteiger charge is 2.13. The predicted molar refractivity (Wildman–Crippen MR) is 63.7 cm³/mol. The molecule has 0 aliphatic carbocycles. The van der Waals surface area contributed by atoms with Crippen LogP contribution in [0.25, 0.3) is 0 Å². The van der Waals surface area contributed by atoms with Gasteiger partial charge in [-0.3, -0.25) is 0 Å². The molecular formula is C10H18N2O4S. The molecule has 98 valence electrons. The third-order valence-corrected chi connectivity index (χ3v) is 4.08. The average molecular weight is 262 g/mol. The molecule has 6 nitrogen and oxygen atoms in total. The number of rotatable bonds is 7. The van der Waals surface area contributed by atoms with E-state index in [-0.39, 0.29) is 18.1 Å². The van der Waals surface area contributed by atoms with Gasteiger partial charge in [-0.05, 0) is 12.8 Å². The van der Waals surface area contributed by atoms with Crippen LogP contribution in [-0.2, 0) is 22.8 Å². The molecule has 7 heteroatoms. The largest absolute Gasteiger partial charge is 0.437 e. The molecule has 0 spiro atoms. The Morgan fingerprint density at radius 3 is 2.53 bits per heavy atom. The minimum Gasteiger partial charge on any atom is -0.392 e. The van der Waals surface area contributed by atoms with E-state index in [2.05, 4.69) is 5.10 Å². The van der Waals surface area contributed by atoms with Crippen molar-refractivity contribution in [1.29, 1.82) is 0 Å². The van der Waals surface area contributed by atoms with E-state index in [1.165, 1.54) is 0 Å². The summed E-state index contributed by atoms with van der Waals surface area (Å²) in [6.45, 7) is 3.82. The first-order valence-electron chi connectivity index (χ1n) is 5.75. The molecule has 0 unspecified atom stereocenters. The van der Waals surface area contributed by atoms with Crippen molar-refractivity contribution >= 4 is 9.84 Å². The molecule has 0 N–H and O–H groups in total. The second-order valence-electron chi connectivity index (χ2n) is 3.89. The van der Waals surface area contributed by atoms with Gasteiger partial charge in [-0.25, -0.2) is 13.2 Å². The predicted octanol–water partition coefficient (Wildman–Crippen LogP) is 0.614. The molecule has 0 aliphatic rings. The molecule has 17 heavy (non-hydrogen) atoms. The summed E-state index contributed by atoms with van der Waals surface area (Å²) in [6, 6.07) is 0. The quantitative estimate of drug-likeness (QED) is 0.719. The third-order valence-electron chi connectivity index (χ3n) is 2.24. The first kappa shape index (κ1) is 14.0. The van der Waals surface area contributed by atoms with Crippen LogP contribution in [0.3, 0.4) is 0 Å². The molecule has 0 saturated carbocycles. The van der Waals surface area contributed by atoms with Gasteiger partial charge in [-0.2, -0.15) is 4.68 Å². The van der Waals surface area contributed by atoms with E-state index in [0.717, 1.165) is 11.1 Å². The molecule has 1 heterocycles. The molecule has 0 fully saturated rings. The van der Waals surface area contributed by atoms with E-state index in [0.29, 0.717) is 18.7 Å². The van der Waals surface area contributed by atoms with Crippen LogP contribution in [0.2, 0.25) is 0 Å². The molecule has 0 aliphatic heterocycles. The van der Waals surface area contributed by atoms with Crippen LogP contribution in [-0.4, -0.2) is 29.7 Å². The van der Waals surface area contributed by atoms with E-state index in [4.69, 9.17) is 4.42 Å². The summed E-state index contributed by atoms with van der Waals surface area (Å²) in [7, 11) is -3.09. The van der Waals surface area contributed by atoms with E-state index < -0.39 is 15.6 Å². The zero-order valence-corrected chi connectivity index (χ0v) is 11.0. The van der Waals surface area contributed by atoms with Crippen LogP contribution in [0.5, 0.6) is 0 Å². The van der Waals surface area contributed by atoms with Crippen LogP contribution in [0, 0.1) is 0 Å². The van der Waals surface area contributed by atoms with Crippen molar-refractivity contribution in [2.75, 3.05) is 11.5 Å². The van der Waals surface area contributed by atoms with Crippen molar-refractivity contribution in [2.45, 2.75) is 39.7 Å². The molecule has 1 aromatic heterocycles. The highest BCUT2D eigenvalue weighted by Crippen LogP contribution is 1.98. The maximum Gasteiger partial charge on any atom is 0.437 e. The molecule has 0 atom stereocenters. The van der Waals surface area contributed by atoms with Gasteiger partial charge in [0.2, 0.25) is 5.89 Å². The second-order valence-corrected chi connectivity index (χ2v) is 6.19. The Morgan fingerprint density at radius 1 is 1.24 bits per heavy atom. The van der Waals surface area contributed by atoms with Gasteiger partial charge in [0.05, 0.1) is 12.3 Å². The van der Waals surface area contributed by atoms with Gasteiger partial charge in [0.15, 0.2) is 9.84 Å². The van der Waals surface area contributed by atoms with Crippen molar-refractivity contribution in [3.63, 3.8) is 0 Å². The lowest BCUT2D eigenvalue weighted by Gasteiger charge is -2.00. The highest BCUT2D eigenvalue weighted by molar-refractivity contribution is 7.91. The maximum atomic E-state index is 11.5. The summed E-state index contributed by atoms with van der Waals surface area (Å²) in [5, 5.41) is 3.94. The topological polar surface area (TPSA) is 82.2 Å². The summed E-state index contributed by atoms with van der Waals surface area (Å²) in [6.07, 6.45) is 2.00. The van der Waals surface area contributed by atoms with Crippen molar-refractivity contribution in [2.24, 2.45) is 0 Å². The molecule has 1 rings (SSSR count). The lowest BCUT2D eigenvalue weighted by molar-refractivity contribution is 0.446. The molecule has 1 aromatic rings. The summed E-state index contributed by atoms with van der Waals surface area (Å²) < 4.78 is 28.9. The Bertz CT molecular complexity index is 501. The van der Waals surface area contributed by atoms with Gasteiger partial charge in [-0.15, -0.1) is 5.10 Å². The first-order chi connectivity index (χ1) is 7.98. The summed E-state index contributed by atoms with van der Waals surface area (Å²) in [5.74, 6) is -0.147. The van der Waals surface area contributed by atoms with Gasteiger partial charge >= 0.3 is 5.76 Å². The van der Waals surface area contributed by atoms with E-state index in [9.17, 15) is 13.2 Å². The zero-order chi connectivity index (χ0) is 12.9. The molecule has 0 amide bonds. The van der Waals surface area contributed by atoms with Gasteiger partial charge < -0.3 is 4.42 Å². The van der Waals surface area contributed by atoms with Crippen molar-refractivity contribution in [3.8, 4) is 0 Å². The zero-order valence-electron chi connectivity index (χ0n) is 10.2. The van der Waals surface area contributed by atoms with Crippen molar-refractivity contribution in [3.05, 3.63) is 16.4 Å². The number of nitrogens with zero attached hydrogens (tertiary/aromatic N) is 2. The number of aryl methyl sites for hydroxylation is 2. The molecular weight excluding hydrogens is 244 g/mol. The SMILES string of the molecule is CCCc1nn(CCS(=O)(=O)CCC)c(=O)o1. The second kappa shape index (κ2) is 6.00. The minimum atomic E-state index is -3.09. The Kier molecular flexibility index (Phi) is 4.92.